The molecule has 1 saturated heterocycles. The molecule has 1 aromatic rings. The van der Waals surface area contributed by atoms with E-state index in [1.807, 2.05) is 19.2 Å². The van der Waals surface area contributed by atoms with E-state index >= 15 is 0 Å². The number of nitrogens with zero attached hydrogens (tertiary/aromatic N) is 3. The summed E-state index contributed by atoms with van der Waals surface area (Å²) in [5.41, 5.74) is 6.65. The largest absolute Gasteiger partial charge is 0.370 e. The van der Waals surface area contributed by atoms with E-state index in [0.29, 0.717) is 29.5 Å². The molecule has 0 saturated carbocycles. The fourth-order valence-electron chi connectivity index (χ4n) is 3.40. The zero-order valence-electron chi connectivity index (χ0n) is 17.9. The average Bonchev–Trinajstić information content (AvgIpc) is 2.72. The van der Waals surface area contributed by atoms with Gasteiger partial charge in [-0.25, -0.2) is 13.4 Å². The number of nitrogens with two attached hydrogens (primary N) is 1. The van der Waals surface area contributed by atoms with Gasteiger partial charge < -0.3 is 16.0 Å². The zero-order chi connectivity index (χ0) is 21.1. The molecule has 29 heavy (non-hydrogen) atoms. The first kappa shape index (κ1) is 23.6. The molecule has 2 rings (SSSR count). The van der Waals surface area contributed by atoms with Crippen molar-refractivity contribution < 1.29 is 8.42 Å². The Morgan fingerprint density at radius 1 is 1.07 bits per heavy atom. The van der Waals surface area contributed by atoms with Crippen molar-refractivity contribution in [2.24, 2.45) is 10.7 Å². The summed E-state index contributed by atoms with van der Waals surface area (Å²) >= 11 is 0. The number of guanidine groups is 1. The summed E-state index contributed by atoms with van der Waals surface area (Å²) in [4.78, 5) is 6.83. The zero-order valence-corrected chi connectivity index (χ0v) is 18.8. The van der Waals surface area contributed by atoms with Crippen LogP contribution in [0, 0.1) is 0 Å². The van der Waals surface area contributed by atoms with Crippen LogP contribution >= 0.6 is 0 Å². The van der Waals surface area contributed by atoms with Gasteiger partial charge in [-0.15, -0.1) is 0 Å². The first-order chi connectivity index (χ1) is 13.9. The van der Waals surface area contributed by atoms with Crippen LogP contribution in [0.25, 0.3) is 0 Å². The molecule has 0 aliphatic carbocycles. The van der Waals surface area contributed by atoms with Crippen LogP contribution in [-0.2, 0) is 16.6 Å². The van der Waals surface area contributed by atoms with Gasteiger partial charge >= 0.3 is 0 Å². The van der Waals surface area contributed by atoms with Crippen LogP contribution in [0.5, 0.6) is 0 Å². The number of rotatable bonds is 11. The molecule has 8 heteroatoms. The Bertz CT molecular complexity index is 743. The van der Waals surface area contributed by atoms with Gasteiger partial charge in [-0.1, -0.05) is 57.2 Å². The van der Waals surface area contributed by atoms with Crippen molar-refractivity contribution in [3.63, 3.8) is 0 Å². The molecular weight excluding hydrogens is 386 g/mol. The number of nitrogens with one attached hydrogen (secondary N) is 1. The third-order valence-electron chi connectivity index (χ3n) is 5.31. The molecule has 0 bridgehead atoms. The smallest absolute Gasteiger partial charge is 0.243 e. The van der Waals surface area contributed by atoms with Gasteiger partial charge in [0.05, 0.1) is 11.4 Å². The van der Waals surface area contributed by atoms with Crippen molar-refractivity contribution in [3.05, 3.63) is 29.8 Å². The van der Waals surface area contributed by atoms with Crippen LogP contribution in [0.2, 0.25) is 0 Å². The highest BCUT2D eigenvalue weighted by Crippen LogP contribution is 2.22. The van der Waals surface area contributed by atoms with Crippen LogP contribution in [0.1, 0.15) is 51.0 Å². The number of hydrogen-bond acceptors (Lipinski definition) is 4. The van der Waals surface area contributed by atoms with E-state index in [2.05, 4.69) is 22.1 Å². The standard InChI is InChI=1S/C21H37N5O2S/c1-3-4-5-6-7-10-13-23-21(22)24-18-19-11-8-9-12-20(19)29(27,28)26-16-14-25(2)15-17-26/h8-9,11-12H,3-7,10,13-18H2,1-2H3,(H3,22,23,24). The van der Waals surface area contributed by atoms with Gasteiger partial charge in [0.15, 0.2) is 5.96 Å². The molecule has 0 spiro atoms. The Morgan fingerprint density at radius 2 is 1.72 bits per heavy atom. The second-order valence-corrected chi connectivity index (χ2v) is 9.62. The van der Waals surface area contributed by atoms with Crippen LogP contribution in [0.15, 0.2) is 34.2 Å². The molecule has 1 heterocycles. The van der Waals surface area contributed by atoms with E-state index in [0.717, 1.165) is 26.1 Å². The predicted molar refractivity (Wildman–Crippen MR) is 119 cm³/mol. The molecule has 0 aromatic heterocycles. The van der Waals surface area contributed by atoms with E-state index in [4.69, 9.17) is 5.73 Å². The lowest BCUT2D eigenvalue weighted by atomic mass is 10.1. The highest BCUT2D eigenvalue weighted by molar-refractivity contribution is 7.89. The summed E-state index contributed by atoms with van der Waals surface area (Å²) in [5.74, 6) is 0.366. The minimum atomic E-state index is -3.52. The topological polar surface area (TPSA) is 91.0 Å². The molecule has 7 nitrogen and oxygen atoms in total. The van der Waals surface area contributed by atoms with E-state index in [1.54, 1.807) is 16.4 Å². The maximum Gasteiger partial charge on any atom is 0.243 e. The van der Waals surface area contributed by atoms with Crippen molar-refractivity contribution in [1.82, 2.24) is 14.5 Å². The quantitative estimate of drug-likeness (QED) is 0.324. The fraction of sp³-hybridized carbons (Fsp3) is 0.667. The van der Waals surface area contributed by atoms with Gasteiger partial charge in [-0.3, -0.25) is 0 Å². The number of aliphatic imine (C=N–C) groups is 1. The summed E-state index contributed by atoms with van der Waals surface area (Å²) in [6.45, 7) is 5.77. The number of piperazine rings is 1. The summed E-state index contributed by atoms with van der Waals surface area (Å²) < 4.78 is 27.7. The van der Waals surface area contributed by atoms with E-state index < -0.39 is 10.0 Å². The van der Waals surface area contributed by atoms with Gasteiger partial charge in [0.1, 0.15) is 0 Å². The summed E-state index contributed by atoms with van der Waals surface area (Å²) in [6.07, 6.45) is 7.35. The number of hydrogen-bond donors (Lipinski definition) is 2. The number of unbranched alkanes of at least 4 members (excludes halogenated alkanes) is 5. The second-order valence-electron chi connectivity index (χ2n) is 7.71. The maximum atomic E-state index is 13.1. The predicted octanol–water partition coefficient (Wildman–Crippen LogP) is 2.39. The Balaban J connectivity index is 1.90. The highest BCUT2D eigenvalue weighted by atomic mass is 32.2. The fourth-order valence-corrected chi connectivity index (χ4v) is 5.04. The van der Waals surface area contributed by atoms with Crippen molar-refractivity contribution in [3.8, 4) is 0 Å². The molecule has 1 aliphatic heterocycles. The van der Waals surface area contributed by atoms with Crippen molar-refractivity contribution in [1.29, 1.82) is 0 Å². The van der Waals surface area contributed by atoms with Crippen LogP contribution in [0.4, 0.5) is 0 Å². The first-order valence-corrected chi connectivity index (χ1v) is 12.2. The van der Waals surface area contributed by atoms with Crippen LogP contribution in [-0.4, -0.2) is 63.4 Å². The Kier molecular flexibility index (Phi) is 9.90. The van der Waals surface area contributed by atoms with Crippen molar-refractivity contribution in [2.75, 3.05) is 39.8 Å². The van der Waals surface area contributed by atoms with Gasteiger partial charge in [0.25, 0.3) is 0 Å². The average molecular weight is 424 g/mol. The number of likely N-dealkylation sites (N-methyl/N-ethyl adjacent to an activating group) is 1. The number of sulfonamides is 1. The molecule has 0 radical (unpaired) electrons. The molecule has 1 aromatic carbocycles. The molecule has 3 N–H and O–H groups in total. The molecule has 164 valence electrons. The van der Waals surface area contributed by atoms with Gasteiger partial charge in [0.2, 0.25) is 10.0 Å². The molecule has 0 unspecified atom stereocenters. The van der Waals surface area contributed by atoms with Crippen LogP contribution in [0.3, 0.4) is 0 Å². The van der Waals surface area contributed by atoms with Crippen molar-refractivity contribution in [2.45, 2.75) is 56.9 Å². The second kappa shape index (κ2) is 12.1. The molecular formula is C21H37N5O2S. The molecule has 1 aliphatic rings. The lowest BCUT2D eigenvalue weighted by Gasteiger charge is -2.32. The van der Waals surface area contributed by atoms with Gasteiger partial charge in [0, 0.05) is 32.7 Å². The third-order valence-corrected chi connectivity index (χ3v) is 7.31. The maximum absolute atomic E-state index is 13.1. The SMILES string of the molecule is CCCCCCCCNC(N)=NCc1ccccc1S(=O)(=O)N1CCN(C)CC1. The monoisotopic (exact) mass is 423 g/mol. The number of benzene rings is 1. The van der Waals surface area contributed by atoms with Gasteiger partial charge in [-0.05, 0) is 25.1 Å². The van der Waals surface area contributed by atoms with E-state index in [1.165, 1.54) is 32.1 Å². The Labute approximate surface area is 176 Å². The van der Waals surface area contributed by atoms with Crippen molar-refractivity contribution >= 4 is 16.0 Å². The summed E-state index contributed by atoms with van der Waals surface area (Å²) in [7, 11) is -1.51. The molecule has 0 atom stereocenters. The van der Waals surface area contributed by atoms with Gasteiger partial charge in [-0.2, -0.15) is 4.31 Å². The molecule has 0 amide bonds. The Hall–Kier alpha value is -1.64. The molecule has 1 fully saturated rings. The normalized spacial score (nSPS) is 16.8. The third kappa shape index (κ3) is 7.60. The lowest BCUT2D eigenvalue weighted by molar-refractivity contribution is 0.222. The summed E-state index contributed by atoms with van der Waals surface area (Å²) in [5, 5.41) is 3.13. The summed E-state index contributed by atoms with van der Waals surface area (Å²) in [6, 6.07) is 7.08. The highest BCUT2D eigenvalue weighted by Gasteiger charge is 2.29. The van der Waals surface area contributed by atoms with E-state index in [-0.39, 0.29) is 6.54 Å². The van der Waals surface area contributed by atoms with Crippen LogP contribution < -0.4 is 11.1 Å². The van der Waals surface area contributed by atoms with E-state index in [9.17, 15) is 8.42 Å². The minimum Gasteiger partial charge on any atom is -0.370 e. The Morgan fingerprint density at radius 3 is 2.45 bits per heavy atom. The minimum absolute atomic E-state index is 0.248. The lowest BCUT2D eigenvalue weighted by Crippen LogP contribution is -2.47. The first-order valence-electron chi connectivity index (χ1n) is 10.8.